The van der Waals surface area contributed by atoms with Crippen LogP contribution < -0.4 is 14.4 Å². The smallest absolute Gasteiger partial charge is 0.254 e. The average Bonchev–Trinajstić information content (AvgIpc) is 2.79. The molecule has 0 aliphatic rings. The maximum Gasteiger partial charge on any atom is 0.254 e. The normalized spacial score (nSPS) is 10.4. The van der Waals surface area contributed by atoms with Crippen LogP contribution in [0.2, 0.25) is 0 Å². The third kappa shape index (κ3) is 5.32. The molecule has 0 atom stereocenters. The number of rotatable bonds is 8. The van der Waals surface area contributed by atoms with Crippen molar-refractivity contribution in [3.05, 3.63) is 89.5 Å². The van der Waals surface area contributed by atoms with E-state index in [0.717, 1.165) is 28.3 Å². The predicted octanol–water partition coefficient (Wildman–Crippen LogP) is 4.61. The third-order valence-electron chi connectivity index (χ3n) is 4.98. The van der Waals surface area contributed by atoms with Gasteiger partial charge in [0.1, 0.15) is 11.5 Å². The number of benzene rings is 3. The fourth-order valence-electron chi connectivity index (χ4n) is 3.19. The van der Waals surface area contributed by atoms with Crippen LogP contribution >= 0.6 is 0 Å². The predicted molar refractivity (Wildman–Crippen MR) is 120 cm³/mol. The van der Waals surface area contributed by atoms with Crippen LogP contribution in [0.4, 0.5) is 5.69 Å². The second kappa shape index (κ2) is 9.83. The Balaban J connectivity index is 1.85. The minimum absolute atomic E-state index is 0.00746. The van der Waals surface area contributed by atoms with Gasteiger partial charge in [-0.2, -0.15) is 0 Å². The molecule has 0 fully saturated rings. The van der Waals surface area contributed by atoms with Gasteiger partial charge in [0.2, 0.25) is 0 Å². The summed E-state index contributed by atoms with van der Waals surface area (Å²) in [6.45, 7) is 1.01. The molecule has 0 spiro atoms. The average molecular weight is 405 g/mol. The molecular formula is C25H28N2O3. The van der Waals surface area contributed by atoms with Crippen LogP contribution in [-0.2, 0) is 13.1 Å². The van der Waals surface area contributed by atoms with Crippen molar-refractivity contribution in [1.29, 1.82) is 0 Å². The van der Waals surface area contributed by atoms with E-state index in [9.17, 15) is 4.79 Å². The molecule has 5 heteroatoms. The molecule has 0 saturated heterocycles. The van der Waals surface area contributed by atoms with Crippen molar-refractivity contribution in [3.8, 4) is 11.5 Å². The molecule has 0 radical (unpaired) electrons. The number of amides is 1. The van der Waals surface area contributed by atoms with Crippen LogP contribution in [0.15, 0.2) is 72.8 Å². The van der Waals surface area contributed by atoms with Crippen molar-refractivity contribution < 1.29 is 14.3 Å². The van der Waals surface area contributed by atoms with Crippen molar-refractivity contribution in [3.63, 3.8) is 0 Å². The lowest BCUT2D eigenvalue weighted by atomic mass is 10.1. The summed E-state index contributed by atoms with van der Waals surface area (Å²) in [4.78, 5) is 17.2. The minimum atomic E-state index is -0.00746. The third-order valence-corrected chi connectivity index (χ3v) is 4.98. The number of nitrogens with zero attached hydrogens (tertiary/aromatic N) is 2. The molecule has 0 aromatic heterocycles. The van der Waals surface area contributed by atoms with Crippen LogP contribution in [0.5, 0.6) is 11.5 Å². The summed E-state index contributed by atoms with van der Waals surface area (Å²) >= 11 is 0. The van der Waals surface area contributed by atoms with Crippen molar-refractivity contribution in [2.24, 2.45) is 0 Å². The van der Waals surface area contributed by atoms with Crippen LogP contribution in [0.3, 0.4) is 0 Å². The standard InChI is InChI=1S/C25H28N2O3/c1-26(2)22-11-9-21(10-12-22)25(28)27(17-19-5-13-23(29-3)14-6-19)18-20-7-15-24(30-4)16-8-20/h5-16H,17-18H2,1-4H3. The summed E-state index contributed by atoms with van der Waals surface area (Å²) in [5.41, 5.74) is 3.82. The van der Waals surface area contributed by atoms with Gasteiger partial charge in [0.05, 0.1) is 14.2 Å². The van der Waals surface area contributed by atoms with Gasteiger partial charge in [-0.1, -0.05) is 24.3 Å². The van der Waals surface area contributed by atoms with Gasteiger partial charge < -0.3 is 19.3 Å². The van der Waals surface area contributed by atoms with E-state index >= 15 is 0 Å². The Bertz CT molecular complexity index is 900. The number of hydrogen-bond donors (Lipinski definition) is 0. The summed E-state index contributed by atoms with van der Waals surface area (Å²) in [5, 5.41) is 0. The SMILES string of the molecule is COc1ccc(CN(Cc2ccc(OC)cc2)C(=O)c2ccc(N(C)C)cc2)cc1. The molecule has 3 aromatic rings. The lowest BCUT2D eigenvalue weighted by molar-refractivity contribution is 0.0730. The highest BCUT2D eigenvalue weighted by Gasteiger charge is 2.17. The lowest BCUT2D eigenvalue weighted by Crippen LogP contribution is -2.30. The number of methoxy groups -OCH3 is 2. The molecule has 3 aromatic carbocycles. The highest BCUT2D eigenvalue weighted by atomic mass is 16.5. The highest BCUT2D eigenvalue weighted by Crippen LogP contribution is 2.20. The van der Waals surface area contributed by atoms with Crippen LogP contribution in [-0.4, -0.2) is 39.1 Å². The van der Waals surface area contributed by atoms with Gasteiger partial charge in [0.25, 0.3) is 5.91 Å². The maximum atomic E-state index is 13.3. The lowest BCUT2D eigenvalue weighted by Gasteiger charge is -2.24. The first-order valence-electron chi connectivity index (χ1n) is 9.82. The van der Waals surface area contributed by atoms with Gasteiger partial charge >= 0.3 is 0 Å². The highest BCUT2D eigenvalue weighted by molar-refractivity contribution is 5.94. The molecule has 0 bridgehead atoms. The molecular weight excluding hydrogens is 376 g/mol. The van der Waals surface area contributed by atoms with Crippen molar-refractivity contribution in [2.45, 2.75) is 13.1 Å². The van der Waals surface area contributed by atoms with E-state index in [0.29, 0.717) is 18.7 Å². The van der Waals surface area contributed by atoms with Crippen LogP contribution in [0.1, 0.15) is 21.5 Å². The van der Waals surface area contributed by atoms with Crippen molar-refractivity contribution in [1.82, 2.24) is 4.90 Å². The quantitative estimate of drug-likeness (QED) is 0.550. The Kier molecular flexibility index (Phi) is 6.96. The van der Waals surface area contributed by atoms with E-state index in [-0.39, 0.29) is 5.91 Å². The van der Waals surface area contributed by atoms with E-state index in [1.165, 1.54) is 0 Å². The van der Waals surface area contributed by atoms with Gasteiger partial charge in [-0.15, -0.1) is 0 Å². The first-order valence-corrected chi connectivity index (χ1v) is 9.82. The number of ether oxygens (including phenoxy) is 2. The first-order chi connectivity index (χ1) is 14.5. The van der Waals surface area contributed by atoms with Gasteiger partial charge in [-0.25, -0.2) is 0 Å². The zero-order valence-electron chi connectivity index (χ0n) is 18.0. The number of hydrogen-bond acceptors (Lipinski definition) is 4. The zero-order valence-corrected chi connectivity index (χ0v) is 18.0. The van der Waals surface area contributed by atoms with E-state index in [4.69, 9.17) is 9.47 Å². The fraction of sp³-hybridized carbons (Fsp3) is 0.240. The van der Waals surface area contributed by atoms with E-state index in [2.05, 4.69) is 0 Å². The molecule has 0 aliphatic carbocycles. The number of anilines is 1. The molecule has 30 heavy (non-hydrogen) atoms. The summed E-state index contributed by atoms with van der Waals surface area (Å²) < 4.78 is 10.5. The topological polar surface area (TPSA) is 42.0 Å². The molecule has 0 unspecified atom stereocenters. The van der Waals surface area contributed by atoms with Gasteiger partial charge in [-0.05, 0) is 59.7 Å². The molecule has 3 rings (SSSR count). The zero-order chi connectivity index (χ0) is 21.5. The Morgan fingerprint density at radius 3 is 1.50 bits per heavy atom. The molecule has 1 amide bonds. The van der Waals surface area contributed by atoms with Crippen molar-refractivity contribution in [2.75, 3.05) is 33.2 Å². The summed E-state index contributed by atoms with van der Waals surface area (Å²) in [5.74, 6) is 1.59. The summed E-state index contributed by atoms with van der Waals surface area (Å²) in [6.07, 6.45) is 0. The molecule has 0 saturated carbocycles. The first kappa shape index (κ1) is 21.2. The molecule has 156 valence electrons. The number of carbonyl (C=O) groups excluding carboxylic acids is 1. The van der Waals surface area contributed by atoms with Crippen molar-refractivity contribution >= 4 is 11.6 Å². The monoisotopic (exact) mass is 404 g/mol. The Morgan fingerprint density at radius 1 is 0.700 bits per heavy atom. The van der Waals surface area contributed by atoms with E-state index in [1.807, 2.05) is 96.7 Å². The summed E-state index contributed by atoms with van der Waals surface area (Å²) in [7, 11) is 7.25. The summed E-state index contributed by atoms with van der Waals surface area (Å²) in [6, 6.07) is 23.3. The largest absolute Gasteiger partial charge is 0.497 e. The van der Waals surface area contributed by atoms with E-state index in [1.54, 1.807) is 14.2 Å². The Labute approximate surface area is 178 Å². The second-order valence-corrected chi connectivity index (χ2v) is 7.30. The Morgan fingerprint density at radius 2 is 1.13 bits per heavy atom. The second-order valence-electron chi connectivity index (χ2n) is 7.30. The van der Waals surface area contributed by atoms with Gasteiger partial charge in [0.15, 0.2) is 0 Å². The van der Waals surface area contributed by atoms with E-state index < -0.39 is 0 Å². The molecule has 0 aliphatic heterocycles. The maximum absolute atomic E-state index is 13.3. The van der Waals surface area contributed by atoms with Crippen LogP contribution in [0, 0.1) is 0 Å². The fourth-order valence-corrected chi connectivity index (χ4v) is 3.19. The minimum Gasteiger partial charge on any atom is -0.497 e. The molecule has 0 heterocycles. The molecule has 5 nitrogen and oxygen atoms in total. The van der Waals surface area contributed by atoms with Gasteiger partial charge in [0, 0.05) is 38.4 Å². The Hall–Kier alpha value is -3.47. The van der Waals surface area contributed by atoms with Crippen LogP contribution in [0.25, 0.3) is 0 Å². The molecule has 0 N–H and O–H groups in total. The number of carbonyl (C=O) groups is 1. The van der Waals surface area contributed by atoms with Gasteiger partial charge in [-0.3, -0.25) is 4.79 Å².